The average molecular weight is 329 g/mol. The Morgan fingerprint density at radius 1 is 1.35 bits per heavy atom. The number of amides is 1. The van der Waals surface area contributed by atoms with Crippen molar-refractivity contribution in [3.63, 3.8) is 0 Å². The predicted molar refractivity (Wildman–Crippen MR) is 93.1 cm³/mol. The normalized spacial score (nSPS) is 17.7. The third kappa shape index (κ3) is 3.95. The second kappa shape index (κ2) is 7.55. The Balaban J connectivity index is 2.33. The molecule has 0 atom stereocenters. The van der Waals surface area contributed by atoms with E-state index < -0.39 is 4.92 Å². The molecular weight excluding hydrogens is 314 g/mol. The molecule has 0 aromatic heterocycles. The van der Waals surface area contributed by atoms with E-state index in [0.29, 0.717) is 28.7 Å². The van der Waals surface area contributed by atoms with Gasteiger partial charge in [-0.1, -0.05) is 24.3 Å². The molecule has 0 unspecified atom stereocenters. The number of hydrogen-bond donors (Lipinski definition) is 0. The number of nitrogens with zero attached hydrogens (tertiary/aromatic N) is 3. The lowest BCUT2D eigenvalue weighted by Gasteiger charge is -2.12. The maximum atomic E-state index is 12.4. The highest BCUT2D eigenvalue weighted by molar-refractivity contribution is 8.18. The number of nitro groups is 1. The van der Waals surface area contributed by atoms with E-state index in [1.165, 1.54) is 28.8 Å². The van der Waals surface area contributed by atoms with Crippen LogP contribution in [0.25, 0.3) is 6.08 Å². The first-order chi connectivity index (χ1) is 11.1. The minimum Gasteiger partial charge on any atom is -0.283 e. The van der Waals surface area contributed by atoms with E-state index in [1.54, 1.807) is 30.4 Å². The summed E-state index contributed by atoms with van der Waals surface area (Å²) in [7, 11) is 0. The highest BCUT2D eigenvalue weighted by atomic mass is 32.2. The fourth-order valence-electron chi connectivity index (χ4n) is 1.94. The van der Waals surface area contributed by atoms with E-state index in [4.69, 9.17) is 0 Å². The van der Waals surface area contributed by atoms with Gasteiger partial charge in [-0.05, 0) is 23.4 Å². The summed E-state index contributed by atoms with van der Waals surface area (Å²) in [4.78, 5) is 29.1. The van der Waals surface area contributed by atoms with Crippen LogP contribution in [0.3, 0.4) is 0 Å². The van der Waals surface area contributed by atoms with Gasteiger partial charge in [-0.25, -0.2) is 0 Å². The third-order valence-corrected chi connectivity index (χ3v) is 3.98. The Morgan fingerprint density at radius 3 is 2.78 bits per heavy atom. The molecule has 0 bridgehead atoms. The SMILES string of the molecule is C=CCN=C1S/C(=C\c2cccc([N+](=O)[O-])c2)C(=O)N1CC=C. The molecule has 1 fully saturated rings. The number of non-ortho nitro benzene ring substituents is 1. The maximum absolute atomic E-state index is 12.4. The molecule has 0 spiro atoms. The summed E-state index contributed by atoms with van der Waals surface area (Å²) in [5.74, 6) is -0.191. The summed E-state index contributed by atoms with van der Waals surface area (Å²) in [6.45, 7) is 8.01. The van der Waals surface area contributed by atoms with Crippen molar-refractivity contribution in [1.82, 2.24) is 4.90 Å². The van der Waals surface area contributed by atoms with Gasteiger partial charge in [0.1, 0.15) is 0 Å². The molecule has 1 aromatic rings. The molecule has 0 saturated carbocycles. The first-order valence-corrected chi connectivity index (χ1v) is 7.60. The molecule has 0 radical (unpaired) electrons. The Morgan fingerprint density at radius 2 is 2.13 bits per heavy atom. The minimum absolute atomic E-state index is 0.0155. The van der Waals surface area contributed by atoms with E-state index in [9.17, 15) is 14.9 Å². The van der Waals surface area contributed by atoms with Gasteiger partial charge >= 0.3 is 0 Å². The number of aliphatic imine (C=N–C) groups is 1. The van der Waals surface area contributed by atoms with Crippen molar-refractivity contribution in [1.29, 1.82) is 0 Å². The first-order valence-electron chi connectivity index (χ1n) is 6.79. The lowest BCUT2D eigenvalue weighted by atomic mass is 10.2. The zero-order valence-electron chi connectivity index (χ0n) is 12.3. The number of amidine groups is 1. The van der Waals surface area contributed by atoms with Crippen LogP contribution in [-0.2, 0) is 4.79 Å². The number of carbonyl (C=O) groups is 1. The molecule has 1 saturated heterocycles. The summed E-state index contributed by atoms with van der Waals surface area (Å²) < 4.78 is 0. The maximum Gasteiger partial charge on any atom is 0.270 e. The fourth-order valence-corrected chi connectivity index (χ4v) is 2.93. The van der Waals surface area contributed by atoms with E-state index in [0.717, 1.165) is 0 Å². The van der Waals surface area contributed by atoms with Crippen LogP contribution in [0.5, 0.6) is 0 Å². The second-order valence-electron chi connectivity index (χ2n) is 4.58. The molecule has 1 aliphatic heterocycles. The van der Waals surface area contributed by atoms with Crippen molar-refractivity contribution < 1.29 is 9.72 Å². The molecule has 23 heavy (non-hydrogen) atoms. The molecular formula is C16H15N3O3S. The second-order valence-corrected chi connectivity index (χ2v) is 5.59. The van der Waals surface area contributed by atoms with Crippen LogP contribution < -0.4 is 0 Å². The highest BCUT2D eigenvalue weighted by Gasteiger charge is 2.32. The molecule has 1 aromatic carbocycles. The van der Waals surface area contributed by atoms with Gasteiger partial charge in [0.25, 0.3) is 11.6 Å². The van der Waals surface area contributed by atoms with E-state index in [1.807, 2.05) is 0 Å². The molecule has 1 heterocycles. The summed E-state index contributed by atoms with van der Waals surface area (Å²) in [6.07, 6.45) is 4.90. The predicted octanol–water partition coefficient (Wildman–Crippen LogP) is 3.24. The number of nitro benzene ring substituents is 1. The zero-order chi connectivity index (χ0) is 16.8. The topological polar surface area (TPSA) is 75.8 Å². The fraction of sp³-hybridized carbons (Fsp3) is 0.125. The summed E-state index contributed by atoms with van der Waals surface area (Å²) in [5, 5.41) is 11.4. The van der Waals surface area contributed by atoms with Gasteiger partial charge in [0.15, 0.2) is 5.17 Å². The van der Waals surface area contributed by atoms with Gasteiger partial charge < -0.3 is 0 Å². The minimum atomic E-state index is -0.466. The van der Waals surface area contributed by atoms with Crippen molar-refractivity contribution in [2.45, 2.75) is 0 Å². The zero-order valence-corrected chi connectivity index (χ0v) is 13.2. The van der Waals surface area contributed by atoms with Gasteiger partial charge in [0.2, 0.25) is 0 Å². The Labute approximate surface area is 138 Å². The van der Waals surface area contributed by atoms with Crippen molar-refractivity contribution in [3.8, 4) is 0 Å². The van der Waals surface area contributed by atoms with Gasteiger partial charge in [-0.15, -0.1) is 13.2 Å². The van der Waals surface area contributed by atoms with Gasteiger partial charge in [0, 0.05) is 18.7 Å². The standard InChI is InChI=1S/C16H15N3O3S/c1-3-8-17-16-18(9-4-2)15(20)14(23-16)11-12-6-5-7-13(10-12)19(21)22/h3-7,10-11H,1-2,8-9H2/b14-11-,17-16?. The van der Waals surface area contributed by atoms with Crippen molar-refractivity contribution in [2.24, 2.45) is 4.99 Å². The Bertz CT molecular complexity index is 725. The number of thioether (sulfide) groups is 1. The van der Waals surface area contributed by atoms with E-state index in [-0.39, 0.29) is 11.6 Å². The van der Waals surface area contributed by atoms with Crippen LogP contribution in [-0.4, -0.2) is 34.0 Å². The number of hydrogen-bond acceptors (Lipinski definition) is 5. The number of rotatable bonds is 6. The molecule has 7 heteroatoms. The van der Waals surface area contributed by atoms with E-state index >= 15 is 0 Å². The Kier molecular flexibility index (Phi) is 5.48. The lowest BCUT2D eigenvalue weighted by Crippen LogP contribution is -2.29. The molecule has 0 N–H and O–H groups in total. The van der Waals surface area contributed by atoms with Crippen LogP contribution in [0.2, 0.25) is 0 Å². The summed E-state index contributed by atoms with van der Waals surface area (Å²) in [6, 6.07) is 6.14. The van der Waals surface area contributed by atoms with Crippen molar-refractivity contribution in [3.05, 3.63) is 70.2 Å². The molecule has 6 nitrogen and oxygen atoms in total. The lowest BCUT2D eigenvalue weighted by molar-refractivity contribution is -0.384. The van der Waals surface area contributed by atoms with Crippen LogP contribution >= 0.6 is 11.8 Å². The van der Waals surface area contributed by atoms with Crippen LogP contribution in [0, 0.1) is 10.1 Å². The summed E-state index contributed by atoms with van der Waals surface area (Å²) in [5.41, 5.74) is 0.580. The number of carbonyl (C=O) groups excluding carboxylic acids is 1. The molecule has 118 valence electrons. The Hall–Kier alpha value is -2.67. The van der Waals surface area contributed by atoms with Gasteiger partial charge in [-0.3, -0.25) is 24.8 Å². The van der Waals surface area contributed by atoms with Crippen LogP contribution in [0.15, 0.2) is 59.5 Å². The van der Waals surface area contributed by atoms with Crippen LogP contribution in [0.1, 0.15) is 5.56 Å². The number of benzene rings is 1. The first kappa shape index (κ1) is 16.7. The molecule has 1 aliphatic rings. The third-order valence-electron chi connectivity index (χ3n) is 2.93. The molecule has 2 rings (SSSR count). The summed E-state index contributed by atoms with van der Waals surface area (Å²) >= 11 is 1.24. The van der Waals surface area contributed by atoms with Gasteiger partial charge in [0.05, 0.1) is 16.4 Å². The molecule has 1 amide bonds. The van der Waals surface area contributed by atoms with Crippen molar-refractivity contribution in [2.75, 3.05) is 13.1 Å². The van der Waals surface area contributed by atoms with Gasteiger partial charge in [-0.2, -0.15) is 0 Å². The van der Waals surface area contributed by atoms with Crippen LogP contribution in [0.4, 0.5) is 5.69 Å². The smallest absolute Gasteiger partial charge is 0.270 e. The van der Waals surface area contributed by atoms with E-state index in [2.05, 4.69) is 18.2 Å². The average Bonchev–Trinajstić information content (AvgIpc) is 2.82. The molecule has 0 aliphatic carbocycles. The monoisotopic (exact) mass is 329 g/mol. The largest absolute Gasteiger partial charge is 0.283 e. The highest BCUT2D eigenvalue weighted by Crippen LogP contribution is 2.32. The van der Waals surface area contributed by atoms with Crippen molar-refractivity contribution >= 4 is 34.6 Å². The quantitative estimate of drug-likeness (QED) is 0.347.